The van der Waals surface area contributed by atoms with Crippen molar-refractivity contribution in [1.29, 1.82) is 0 Å². The quantitative estimate of drug-likeness (QED) is 0.239. The van der Waals surface area contributed by atoms with E-state index in [0.29, 0.717) is 21.0 Å². The van der Waals surface area contributed by atoms with E-state index in [1.807, 2.05) is 0 Å². The molecule has 0 amide bonds. The molecule has 4 aliphatic carbocycles. The summed E-state index contributed by atoms with van der Waals surface area (Å²) in [6, 6.07) is 0. The van der Waals surface area contributed by atoms with Crippen molar-refractivity contribution >= 4 is 56.0 Å². The predicted octanol–water partition coefficient (Wildman–Crippen LogP) is 4.42. The van der Waals surface area contributed by atoms with Gasteiger partial charge in [-0.25, -0.2) is 20.1 Å². The van der Waals surface area contributed by atoms with Crippen molar-refractivity contribution in [2.24, 2.45) is 0 Å². The zero-order chi connectivity index (χ0) is 24.6. The Morgan fingerprint density at radius 2 is 0.541 bits per heavy atom. The van der Waals surface area contributed by atoms with E-state index in [4.69, 9.17) is 24.5 Å². The van der Waals surface area contributed by atoms with Crippen LogP contribution in [-0.4, -0.2) is 21.0 Å². The molecule has 4 nitrogen and oxygen atoms in total. The first-order valence-electron chi connectivity index (χ1n) is 13.7. The van der Waals surface area contributed by atoms with Gasteiger partial charge >= 0.3 is 58.4 Å². The Balaban J connectivity index is 0.000000648. The van der Waals surface area contributed by atoms with Gasteiger partial charge in [0.15, 0.2) is 0 Å². The second-order valence-corrected chi connectivity index (χ2v) is 26.2. The van der Waals surface area contributed by atoms with Gasteiger partial charge in [-0.1, -0.05) is 77.0 Å². The van der Waals surface area contributed by atoms with Gasteiger partial charge in [-0.3, -0.25) is 0 Å². The second kappa shape index (κ2) is 20.8. The Bertz CT molecular complexity index is 624. The normalized spacial score (nSPS) is 23.4. The molecule has 0 aromatic carbocycles. The van der Waals surface area contributed by atoms with Gasteiger partial charge in [-0.05, 0) is 72.4 Å². The van der Waals surface area contributed by atoms with Gasteiger partial charge < -0.3 is 55.5 Å². The van der Waals surface area contributed by atoms with Crippen molar-refractivity contribution in [2.45, 2.75) is 149 Å². The summed E-state index contributed by atoms with van der Waals surface area (Å²) >= 11 is 9.76. The van der Waals surface area contributed by atoms with E-state index < -0.39 is 31.5 Å². The monoisotopic (exact) mass is 778 g/mol. The molecule has 0 heterocycles. The molecule has 0 aromatic heterocycles. The molecule has 0 unspecified atom stereocenters. The van der Waals surface area contributed by atoms with Crippen molar-refractivity contribution < 1.29 is 78.0 Å². The van der Waals surface area contributed by atoms with Crippen molar-refractivity contribution in [3.05, 3.63) is 0 Å². The van der Waals surface area contributed by atoms with Crippen LogP contribution in [0.3, 0.4) is 0 Å². The first-order valence-corrected chi connectivity index (χ1v) is 22.9. The van der Waals surface area contributed by atoms with Crippen LogP contribution >= 0.6 is 11.4 Å². The van der Waals surface area contributed by atoms with Crippen molar-refractivity contribution in [2.75, 3.05) is 0 Å². The fourth-order valence-electron chi connectivity index (χ4n) is 6.50. The van der Waals surface area contributed by atoms with E-state index >= 15 is 0 Å². The summed E-state index contributed by atoms with van der Waals surface area (Å²) in [5.41, 5.74) is -7.10. The molecule has 0 aromatic rings. The first-order chi connectivity index (χ1) is 16.2. The summed E-state index contributed by atoms with van der Waals surface area (Å²) in [6.07, 6.45) is 23.5. The number of hydrogen-bond acceptors (Lipinski definition) is 6. The SMILES string of the molecule is [O-]P([O-])([S-])=S(C1CCCCC1)C1CCCCC1.[O-]P([O-])([S-])=S(C1CCCCC1)C1CCCCC1.[Zn+2].[Zn+2].[Zn+2]. The van der Waals surface area contributed by atoms with Gasteiger partial charge in [-0.2, -0.15) is 0 Å². The maximum atomic E-state index is 12.0. The first kappa shape index (κ1) is 41.0. The van der Waals surface area contributed by atoms with Crippen LogP contribution in [0.4, 0.5) is 0 Å². The Kier molecular flexibility index (Phi) is 23.1. The van der Waals surface area contributed by atoms with E-state index in [2.05, 4.69) is 0 Å². The van der Waals surface area contributed by atoms with E-state index in [-0.39, 0.29) is 58.4 Å². The molecule has 37 heavy (non-hydrogen) atoms. The van der Waals surface area contributed by atoms with Gasteiger partial charge in [0.2, 0.25) is 0 Å². The fraction of sp³-hybridized carbons (Fsp3) is 1.00. The Hall–Kier alpha value is 3.97. The van der Waals surface area contributed by atoms with Crippen molar-refractivity contribution in [3.8, 4) is 0 Å². The van der Waals surface area contributed by atoms with Crippen LogP contribution in [0.25, 0.3) is 0 Å². The molecular weight excluding hydrogens is 739 g/mol. The molecule has 0 saturated heterocycles. The smallest absolute Gasteiger partial charge is 0.854 e. The summed E-state index contributed by atoms with van der Waals surface area (Å²) in [5.74, 6) is 0. The Morgan fingerprint density at radius 1 is 0.378 bits per heavy atom. The molecule has 4 rings (SSSR count). The minimum absolute atomic E-state index is 0. The largest absolute Gasteiger partial charge is 2.00 e. The minimum Gasteiger partial charge on any atom is -0.854 e. The van der Waals surface area contributed by atoms with E-state index in [1.54, 1.807) is 0 Å². The third kappa shape index (κ3) is 14.1. The molecule has 0 atom stereocenters. The molecule has 4 aliphatic rings. The molecule has 0 radical (unpaired) electrons. The zero-order valence-electron chi connectivity index (χ0n) is 22.7. The van der Waals surface area contributed by atoms with Gasteiger partial charge in [-0.15, -0.1) is 0 Å². The van der Waals surface area contributed by atoms with Crippen LogP contribution in [0.1, 0.15) is 128 Å². The number of hydrogen-bond donors (Lipinski definition) is 0. The molecule has 0 spiro atoms. The number of rotatable bonds is 4. The van der Waals surface area contributed by atoms with Gasteiger partial charge in [0, 0.05) is 0 Å². The Labute approximate surface area is 280 Å². The average Bonchev–Trinajstić information content (AvgIpc) is 2.81. The van der Waals surface area contributed by atoms with E-state index in [1.165, 1.54) is 77.0 Å². The zero-order valence-corrected chi connectivity index (χ0v) is 36.7. The third-order valence-electron chi connectivity index (χ3n) is 8.09. The third-order valence-corrected chi connectivity index (χ3v) is 23.5. The van der Waals surface area contributed by atoms with Crippen LogP contribution < -0.4 is 19.6 Å². The van der Waals surface area contributed by atoms with Gasteiger partial charge in [0.05, 0.1) is 0 Å². The Morgan fingerprint density at radius 3 is 0.676 bits per heavy atom. The molecular formula is C24H44O4P2S4Zn3. The van der Waals surface area contributed by atoms with Crippen LogP contribution in [0.15, 0.2) is 0 Å². The fourth-order valence-corrected chi connectivity index (χ4v) is 23.6. The molecule has 13 heteroatoms. The van der Waals surface area contributed by atoms with Crippen molar-refractivity contribution in [3.63, 3.8) is 0 Å². The van der Waals surface area contributed by atoms with Gasteiger partial charge in [0.1, 0.15) is 0 Å². The maximum Gasteiger partial charge on any atom is 2.00 e. The molecule has 0 bridgehead atoms. The predicted molar refractivity (Wildman–Crippen MR) is 151 cm³/mol. The molecule has 4 saturated carbocycles. The molecule has 4 fully saturated rings. The summed E-state index contributed by atoms with van der Waals surface area (Å²) in [6.45, 7) is 0. The minimum atomic E-state index is -3.55. The van der Waals surface area contributed by atoms with Gasteiger partial charge in [0.25, 0.3) is 0 Å². The van der Waals surface area contributed by atoms with Crippen molar-refractivity contribution in [1.82, 2.24) is 0 Å². The van der Waals surface area contributed by atoms with E-state index in [9.17, 15) is 19.6 Å². The van der Waals surface area contributed by atoms with Crippen LogP contribution in [0.5, 0.6) is 0 Å². The topological polar surface area (TPSA) is 92.2 Å². The summed E-state index contributed by atoms with van der Waals surface area (Å²) in [5, 5.41) is 1.58. The van der Waals surface area contributed by atoms with Crippen LogP contribution in [0.2, 0.25) is 0 Å². The second-order valence-electron chi connectivity index (χ2n) is 10.6. The van der Waals surface area contributed by atoms with E-state index in [0.717, 1.165) is 51.4 Å². The molecule has 0 aliphatic heterocycles. The summed E-state index contributed by atoms with van der Waals surface area (Å²) < 4.78 is 0. The van der Waals surface area contributed by atoms with Crippen LogP contribution in [-0.2, 0) is 103 Å². The van der Waals surface area contributed by atoms with Crippen LogP contribution in [0, 0.1) is 0 Å². The summed E-state index contributed by atoms with van der Waals surface area (Å²) in [4.78, 5) is 47.9. The summed E-state index contributed by atoms with van der Waals surface area (Å²) in [7, 11) is -1.000. The standard InChI is InChI=1S/2C12H22O2PS2.3Zn/c2*13-15(14,16)17(11-7-3-1-4-8-11)12-9-5-2-6-10-12;;;/h2*11-12H,1-10H2;;;/q2*-3;3*+2. The average molecular weight is 783 g/mol. The molecule has 204 valence electrons. The molecule has 0 N–H and O–H groups in total. The maximum absolute atomic E-state index is 12.0.